The van der Waals surface area contributed by atoms with Crippen LogP contribution in [0.2, 0.25) is 0 Å². The predicted molar refractivity (Wildman–Crippen MR) is 68.4 cm³/mol. The minimum Gasteiger partial charge on any atom is -0.505 e. The summed E-state index contributed by atoms with van der Waals surface area (Å²) in [6.45, 7) is 1.78. The van der Waals surface area contributed by atoms with Crippen molar-refractivity contribution in [1.29, 1.82) is 5.26 Å². The normalized spacial score (nSPS) is 10.5. The van der Waals surface area contributed by atoms with Crippen LogP contribution in [-0.4, -0.2) is 15.1 Å². The van der Waals surface area contributed by atoms with Gasteiger partial charge in [0.2, 0.25) is 0 Å². The minimum absolute atomic E-state index is 0.122. The first-order valence-corrected chi connectivity index (χ1v) is 5.64. The average molecular weight is 251 g/mol. The number of benzene rings is 1. The number of hydrogen-bond donors (Lipinski definition) is 1. The molecule has 2 heterocycles. The number of fused-ring (bicyclic) bond motifs is 1. The third-order valence-corrected chi connectivity index (χ3v) is 2.79. The van der Waals surface area contributed by atoms with Gasteiger partial charge < -0.3 is 9.52 Å². The monoisotopic (exact) mass is 251 g/mol. The van der Waals surface area contributed by atoms with Crippen LogP contribution in [0.25, 0.3) is 22.4 Å². The lowest BCUT2D eigenvalue weighted by molar-refractivity contribution is 0.471. The number of hydrogen-bond acceptors (Lipinski definition) is 5. The number of pyridine rings is 1. The molecule has 0 saturated heterocycles. The van der Waals surface area contributed by atoms with Crippen molar-refractivity contribution in [3.05, 3.63) is 41.9 Å². The standard InChI is InChI=1S/C14H9N3O2/c1-8-17-11-3-2-9(5-14(11)19-8)12-4-10(6-15)13(18)7-16-12/h2-5,7,18H,1H3. The Labute approximate surface area is 108 Å². The Morgan fingerprint density at radius 1 is 1.32 bits per heavy atom. The fourth-order valence-electron chi connectivity index (χ4n) is 1.89. The number of aryl methyl sites for hydroxylation is 1. The Balaban J connectivity index is 2.16. The van der Waals surface area contributed by atoms with Gasteiger partial charge in [0.25, 0.3) is 0 Å². The predicted octanol–water partition coefficient (Wildman–Crippen LogP) is 2.78. The zero-order chi connectivity index (χ0) is 13.4. The quantitative estimate of drug-likeness (QED) is 0.719. The molecule has 0 aliphatic heterocycles. The van der Waals surface area contributed by atoms with Gasteiger partial charge in [0, 0.05) is 12.5 Å². The zero-order valence-corrected chi connectivity index (χ0v) is 10.1. The van der Waals surface area contributed by atoms with Crippen LogP contribution in [0.1, 0.15) is 11.5 Å². The van der Waals surface area contributed by atoms with E-state index < -0.39 is 0 Å². The molecule has 0 unspecified atom stereocenters. The summed E-state index contributed by atoms with van der Waals surface area (Å²) in [5.74, 6) is 0.478. The largest absolute Gasteiger partial charge is 0.505 e. The highest BCUT2D eigenvalue weighted by Crippen LogP contribution is 2.26. The van der Waals surface area contributed by atoms with Crippen LogP contribution in [-0.2, 0) is 0 Å². The van der Waals surface area contributed by atoms with Crippen LogP contribution in [0.5, 0.6) is 5.75 Å². The SMILES string of the molecule is Cc1nc2ccc(-c3cc(C#N)c(O)cn3)cc2o1. The van der Waals surface area contributed by atoms with E-state index in [-0.39, 0.29) is 11.3 Å². The van der Waals surface area contributed by atoms with Crippen molar-refractivity contribution < 1.29 is 9.52 Å². The van der Waals surface area contributed by atoms with E-state index in [2.05, 4.69) is 9.97 Å². The molecule has 0 saturated carbocycles. The summed E-state index contributed by atoms with van der Waals surface area (Å²) in [5, 5.41) is 18.3. The molecule has 0 radical (unpaired) electrons. The van der Waals surface area contributed by atoms with Crippen LogP contribution in [0, 0.1) is 18.3 Å². The number of nitrogens with zero attached hydrogens (tertiary/aromatic N) is 3. The van der Waals surface area contributed by atoms with Gasteiger partial charge in [-0.1, -0.05) is 6.07 Å². The van der Waals surface area contributed by atoms with Crippen molar-refractivity contribution in [3.63, 3.8) is 0 Å². The second kappa shape index (κ2) is 4.10. The van der Waals surface area contributed by atoms with Crippen LogP contribution in [0.15, 0.2) is 34.9 Å². The Morgan fingerprint density at radius 2 is 2.16 bits per heavy atom. The van der Waals surface area contributed by atoms with E-state index in [0.29, 0.717) is 17.2 Å². The van der Waals surface area contributed by atoms with Crippen LogP contribution < -0.4 is 0 Å². The Morgan fingerprint density at radius 3 is 2.95 bits per heavy atom. The molecule has 0 fully saturated rings. The molecule has 2 aromatic heterocycles. The Kier molecular flexibility index (Phi) is 2.43. The molecule has 1 aromatic carbocycles. The lowest BCUT2D eigenvalue weighted by Crippen LogP contribution is -1.86. The fraction of sp³-hybridized carbons (Fsp3) is 0.0714. The second-order valence-electron chi connectivity index (χ2n) is 4.11. The lowest BCUT2D eigenvalue weighted by atomic mass is 10.1. The number of nitriles is 1. The Hall–Kier alpha value is -2.87. The molecular formula is C14H9N3O2. The number of oxazole rings is 1. The van der Waals surface area contributed by atoms with Crippen molar-refractivity contribution >= 4 is 11.1 Å². The minimum atomic E-state index is -0.122. The third-order valence-electron chi connectivity index (χ3n) is 2.79. The maximum atomic E-state index is 9.44. The van der Waals surface area contributed by atoms with Crippen LogP contribution in [0.3, 0.4) is 0 Å². The first-order valence-electron chi connectivity index (χ1n) is 5.64. The highest BCUT2D eigenvalue weighted by molar-refractivity contribution is 5.79. The maximum absolute atomic E-state index is 9.44. The molecule has 0 bridgehead atoms. The molecule has 92 valence electrons. The first kappa shape index (κ1) is 11.2. The van der Waals surface area contributed by atoms with Crippen molar-refractivity contribution in [2.45, 2.75) is 6.92 Å². The van der Waals surface area contributed by atoms with Gasteiger partial charge in [0.1, 0.15) is 11.6 Å². The molecule has 5 nitrogen and oxygen atoms in total. The molecule has 3 rings (SSSR count). The van der Waals surface area contributed by atoms with Crippen molar-refractivity contribution in [2.24, 2.45) is 0 Å². The van der Waals surface area contributed by atoms with Gasteiger partial charge in [-0.25, -0.2) is 4.98 Å². The summed E-state index contributed by atoms with van der Waals surface area (Å²) >= 11 is 0. The van der Waals surface area contributed by atoms with E-state index >= 15 is 0 Å². The van der Waals surface area contributed by atoms with Gasteiger partial charge in [0.05, 0.1) is 17.5 Å². The van der Waals surface area contributed by atoms with Gasteiger partial charge >= 0.3 is 0 Å². The molecule has 0 aliphatic rings. The Bertz CT molecular complexity index is 815. The smallest absolute Gasteiger partial charge is 0.192 e. The molecule has 1 N–H and O–H groups in total. The fourth-order valence-corrected chi connectivity index (χ4v) is 1.89. The zero-order valence-electron chi connectivity index (χ0n) is 10.1. The summed E-state index contributed by atoms with van der Waals surface area (Å²) < 4.78 is 5.46. The maximum Gasteiger partial charge on any atom is 0.192 e. The van der Waals surface area contributed by atoms with Gasteiger partial charge in [-0.05, 0) is 18.2 Å². The summed E-state index contributed by atoms with van der Waals surface area (Å²) in [5.41, 5.74) is 3.05. The molecule has 0 atom stereocenters. The van der Waals surface area contributed by atoms with Crippen molar-refractivity contribution in [1.82, 2.24) is 9.97 Å². The van der Waals surface area contributed by atoms with E-state index in [4.69, 9.17) is 9.68 Å². The van der Waals surface area contributed by atoms with Gasteiger partial charge in [0.15, 0.2) is 17.2 Å². The number of rotatable bonds is 1. The second-order valence-corrected chi connectivity index (χ2v) is 4.11. The highest BCUT2D eigenvalue weighted by Gasteiger charge is 2.08. The van der Waals surface area contributed by atoms with E-state index in [9.17, 15) is 5.11 Å². The lowest BCUT2D eigenvalue weighted by Gasteiger charge is -2.02. The summed E-state index contributed by atoms with van der Waals surface area (Å²) in [6, 6.07) is 8.96. The molecule has 0 aliphatic carbocycles. The third kappa shape index (κ3) is 1.89. The van der Waals surface area contributed by atoms with Gasteiger partial charge in [-0.2, -0.15) is 5.26 Å². The number of aromatic nitrogens is 2. The summed E-state index contributed by atoms with van der Waals surface area (Å²) in [6.07, 6.45) is 1.27. The van der Waals surface area contributed by atoms with Crippen LogP contribution >= 0.6 is 0 Å². The molecule has 0 amide bonds. The van der Waals surface area contributed by atoms with Crippen LogP contribution in [0.4, 0.5) is 0 Å². The molecular weight excluding hydrogens is 242 g/mol. The van der Waals surface area contributed by atoms with Crippen molar-refractivity contribution in [3.8, 4) is 23.1 Å². The van der Waals surface area contributed by atoms with E-state index in [1.807, 2.05) is 24.3 Å². The topological polar surface area (TPSA) is 82.9 Å². The molecule has 5 heteroatoms. The summed E-state index contributed by atoms with van der Waals surface area (Å²) in [7, 11) is 0. The average Bonchev–Trinajstić information content (AvgIpc) is 2.78. The highest BCUT2D eigenvalue weighted by atomic mass is 16.3. The summed E-state index contributed by atoms with van der Waals surface area (Å²) in [4.78, 5) is 8.32. The molecule has 0 spiro atoms. The first-order chi connectivity index (χ1) is 9.17. The van der Waals surface area contributed by atoms with E-state index in [1.54, 1.807) is 13.0 Å². The van der Waals surface area contributed by atoms with Crippen molar-refractivity contribution in [2.75, 3.05) is 0 Å². The molecule has 19 heavy (non-hydrogen) atoms. The number of aromatic hydroxyl groups is 1. The van der Waals surface area contributed by atoms with E-state index in [1.165, 1.54) is 6.20 Å². The van der Waals surface area contributed by atoms with E-state index in [0.717, 1.165) is 11.1 Å². The van der Waals surface area contributed by atoms with Gasteiger partial charge in [-0.3, -0.25) is 4.98 Å². The van der Waals surface area contributed by atoms with Gasteiger partial charge in [-0.15, -0.1) is 0 Å². The molecule has 3 aromatic rings.